The van der Waals surface area contributed by atoms with Crippen molar-refractivity contribution in [2.75, 3.05) is 0 Å². The molecule has 0 saturated carbocycles. The fourth-order valence-electron chi connectivity index (χ4n) is 2.68. The van der Waals surface area contributed by atoms with Gasteiger partial charge in [0.25, 0.3) is 0 Å². The lowest BCUT2D eigenvalue weighted by atomic mass is 10.0. The van der Waals surface area contributed by atoms with Crippen LogP contribution in [0.3, 0.4) is 0 Å². The first-order valence-corrected chi connectivity index (χ1v) is 14.4. The van der Waals surface area contributed by atoms with Gasteiger partial charge in [0.05, 0.1) is 0 Å². The molecule has 0 heterocycles. The molecule has 0 bridgehead atoms. The van der Waals surface area contributed by atoms with Crippen LogP contribution in [0.25, 0.3) is 0 Å². The zero-order chi connectivity index (χ0) is 28.1. The van der Waals surface area contributed by atoms with E-state index in [1.807, 2.05) is 0 Å². The second kappa shape index (κ2) is 22.1. The molecule has 35 heavy (non-hydrogen) atoms. The van der Waals surface area contributed by atoms with E-state index >= 15 is 0 Å². The molecule has 0 saturated heterocycles. The van der Waals surface area contributed by atoms with Crippen LogP contribution >= 0.6 is 15.6 Å². The first-order valence-electron chi connectivity index (χ1n) is 11.5. The van der Waals surface area contributed by atoms with Gasteiger partial charge in [-0.25, -0.2) is 0 Å². The van der Waals surface area contributed by atoms with Crippen LogP contribution in [-0.4, -0.2) is 0 Å². The maximum Gasteiger partial charge on any atom is -0.0288 e. The van der Waals surface area contributed by atoms with Gasteiger partial charge in [0.15, 0.2) is 0 Å². The van der Waals surface area contributed by atoms with Crippen molar-refractivity contribution in [1.29, 1.82) is 0 Å². The summed E-state index contributed by atoms with van der Waals surface area (Å²) in [6.07, 6.45) is 21.3. The monoisotopic (exact) mass is 532 g/mol. The molecule has 0 aromatic heterocycles. The summed E-state index contributed by atoms with van der Waals surface area (Å²) in [6, 6.07) is 0. The lowest BCUT2D eigenvalue weighted by Gasteiger charge is -2.36. The molecule has 0 aliphatic carbocycles. The van der Waals surface area contributed by atoms with Crippen molar-refractivity contribution in [2.24, 2.45) is 0 Å². The van der Waals surface area contributed by atoms with Gasteiger partial charge in [0, 0.05) is 0 Å². The first-order chi connectivity index (χ1) is 15.8. The second-order valence-electron chi connectivity index (χ2n) is 8.62. The average Bonchev–Trinajstić information content (AvgIpc) is 2.65. The number of allylic oxidation sites excluding steroid dienone is 10. The minimum atomic E-state index is -5.39. The number of hydrogen-bond acceptors (Lipinski definition) is 8. The van der Waals surface area contributed by atoms with Crippen LogP contribution in [0.15, 0.2) is 58.2 Å². The highest BCUT2D eigenvalue weighted by atomic mass is 31.2. The van der Waals surface area contributed by atoms with E-state index < -0.39 is 15.6 Å². The number of hydrogen-bond donors (Lipinski definition) is 0. The normalized spacial score (nSPS) is 13.4. The van der Waals surface area contributed by atoms with E-state index in [0.717, 1.165) is 0 Å². The van der Waals surface area contributed by atoms with Gasteiger partial charge in [-0.2, -0.15) is 15.6 Å². The number of phosphoric acid groups is 2. The van der Waals surface area contributed by atoms with Crippen LogP contribution < -0.4 is 29.4 Å². The Morgan fingerprint density at radius 2 is 0.743 bits per heavy atom. The van der Waals surface area contributed by atoms with E-state index in [4.69, 9.17) is 38.5 Å². The smallest absolute Gasteiger partial charge is 0.0288 e. The molecule has 0 atom stereocenters. The standard InChI is InChI=1S/C25H42.2H3O4P/c1-8-22(4)14-10-16-24(6)18-12-20-25(7)19-11-17-23(5)15-9-13-21(2)3;2*1-5(2,3)4/h8,13,16-17,20H,9-12,14-15,18-19H2,1-7H3;2*(H3,1,2,3,4)/p-6. The van der Waals surface area contributed by atoms with Crippen molar-refractivity contribution in [3.63, 3.8) is 0 Å². The summed E-state index contributed by atoms with van der Waals surface area (Å²) in [7, 11) is -10.8. The maximum atomic E-state index is 8.55. The molecule has 206 valence electrons. The predicted octanol–water partition coefficient (Wildman–Crippen LogP) is 3.23. The van der Waals surface area contributed by atoms with Crippen LogP contribution in [0.5, 0.6) is 0 Å². The van der Waals surface area contributed by atoms with Gasteiger partial charge in [-0.05, 0) is 99.8 Å². The van der Waals surface area contributed by atoms with E-state index in [9.17, 15) is 0 Å². The van der Waals surface area contributed by atoms with Crippen LogP contribution in [0.4, 0.5) is 0 Å². The maximum absolute atomic E-state index is 8.55. The average molecular weight is 533 g/mol. The molecule has 0 radical (unpaired) electrons. The Morgan fingerprint density at radius 1 is 0.514 bits per heavy atom. The summed E-state index contributed by atoms with van der Waals surface area (Å²) < 4.78 is 17.1. The molecular formula is C25H42O8P2-6. The molecule has 10 heteroatoms. The second-order valence-corrected chi connectivity index (χ2v) is 10.4. The van der Waals surface area contributed by atoms with E-state index in [1.54, 1.807) is 0 Å². The Hall–Kier alpha value is -1.08. The lowest BCUT2D eigenvalue weighted by molar-refractivity contribution is -0.434. The molecule has 0 unspecified atom stereocenters. The van der Waals surface area contributed by atoms with Gasteiger partial charge in [-0.3, -0.25) is 0 Å². The molecule has 0 spiro atoms. The van der Waals surface area contributed by atoms with Crippen molar-refractivity contribution < 1.29 is 38.5 Å². The molecule has 0 aromatic carbocycles. The summed E-state index contributed by atoms with van der Waals surface area (Å²) in [5.41, 5.74) is 7.51. The summed E-state index contributed by atoms with van der Waals surface area (Å²) in [6.45, 7) is 15.5. The van der Waals surface area contributed by atoms with Crippen LogP contribution in [0.1, 0.15) is 99.8 Å². The third-order valence-electron chi connectivity index (χ3n) is 4.68. The number of rotatable bonds is 12. The summed E-state index contributed by atoms with van der Waals surface area (Å²) in [4.78, 5) is 51.3. The lowest BCUT2D eigenvalue weighted by Crippen LogP contribution is -2.24. The van der Waals surface area contributed by atoms with Crippen molar-refractivity contribution >= 4 is 15.6 Å². The molecule has 0 amide bonds. The van der Waals surface area contributed by atoms with Gasteiger partial charge in [0.2, 0.25) is 0 Å². The van der Waals surface area contributed by atoms with Crippen LogP contribution in [-0.2, 0) is 9.13 Å². The Labute approximate surface area is 212 Å². The Bertz CT molecular complexity index is 771. The van der Waals surface area contributed by atoms with Gasteiger partial charge < -0.3 is 38.5 Å². The van der Waals surface area contributed by atoms with Gasteiger partial charge in [-0.1, -0.05) is 58.2 Å². The Kier molecular flexibility index (Phi) is 24.3. The predicted molar refractivity (Wildman–Crippen MR) is 132 cm³/mol. The third kappa shape index (κ3) is 50.7. The summed E-state index contributed by atoms with van der Waals surface area (Å²) in [5, 5.41) is 0. The zero-order valence-corrected chi connectivity index (χ0v) is 24.0. The summed E-state index contributed by atoms with van der Waals surface area (Å²) >= 11 is 0. The molecule has 0 aliphatic heterocycles. The van der Waals surface area contributed by atoms with Gasteiger partial charge >= 0.3 is 0 Å². The molecule has 0 fully saturated rings. The van der Waals surface area contributed by atoms with Gasteiger partial charge in [-0.15, -0.1) is 0 Å². The molecule has 0 rings (SSSR count). The van der Waals surface area contributed by atoms with Crippen LogP contribution in [0.2, 0.25) is 0 Å². The fourth-order valence-corrected chi connectivity index (χ4v) is 2.68. The Balaban J connectivity index is -0.000000853. The fraction of sp³-hybridized carbons (Fsp3) is 0.600. The van der Waals surface area contributed by atoms with Crippen molar-refractivity contribution in [3.8, 4) is 0 Å². The molecule has 0 aromatic rings. The van der Waals surface area contributed by atoms with E-state index in [-0.39, 0.29) is 0 Å². The highest BCUT2D eigenvalue weighted by molar-refractivity contribution is 7.40. The van der Waals surface area contributed by atoms with E-state index in [1.165, 1.54) is 79.2 Å². The highest BCUT2D eigenvalue weighted by Gasteiger charge is 1.94. The molecule has 0 aliphatic rings. The summed E-state index contributed by atoms with van der Waals surface area (Å²) in [5.74, 6) is 0. The molecule has 0 N–H and O–H groups in total. The SMILES string of the molecule is CC=C(C)CCC=C(C)CCC=C(C)CCC=C(C)CCC=C(C)C.O=P([O-])([O-])[O-].O=P([O-])([O-])[O-]. The minimum Gasteiger partial charge on any atom is -0.822 e. The first kappa shape index (κ1) is 38.5. The van der Waals surface area contributed by atoms with Gasteiger partial charge in [0.1, 0.15) is 0 Å². The quantitative estimate of drug-likeness (QED) is 0.272. The van der Waals surface area contributed by atoms with Crippen molar-refractivity contribution in [3.05, 3.63) is 58.2 Å². The van der Waals surface area contributed by atoms with Crippen molar-refractivity contribution in [1.82, 2.24) is 0 Å². The minimum absolute atomic E-state index is 1.18. The Morgan fingerprint density at radius 3 is 0.971 bits per heavy atom. The van der Waals surface area contributed by atoms with E-state index in [2.05, 4.69) is 78.8 Å². The zero-order valence-electron chi connectivity index (χ0n) is 22.2. The highest BCUT2D eigenvalue weighted by Crippen LogP contribution is 2.14. The largest absolute Gasteiger partial charge is 0.822 e. The third-order valence-corrected chi connectivity index (χ3v) is 4.68. The molecular weight excluding hydrogens is 490 g/mol. The van der Waals surface area contributed by atoms with Crippen molar-refractivity contribution in [2.45, 2.75) is 99.8 Å². The topological polar surface area (TPSA) is 172 Å². The van der Waals surface area contributed by atoms with E-state index in [0.29, 0.717) is 0 Å². The van der Waals surface area contributed by atoms with Crippen LogP contribution in [0, 0.1) is 0 Å². The molecule has 8 nitrogen and oxygen atoms in total.